The van der Waals surface area contributed by atoms with Crippen molar-refractivity contribution in [2.75, 3.05) is 13.7 Å². The molecule has 0 aliphatic heterocycles. The Hall–Kier alpha value is -3.08. The van der Waals surface area contributed by atoms with E-state index in [9.17, 15) is 22.8 Å². The number of pyridine rings is 1. The molecule has 5 nitrogen and oxygen atoms in total. The molecule has 3 saturated carbocycles. The van der Waals surface area contributed by atoms with E-state index in [1.165, 1.54) is 19.2 Å². The van der Waals surface area contributed by atoms with Crippen molar-refractivity contribution >= 4 is 22.8 Å². The summed E-state index contributed by atoms with van der Waals surface area (Å²) in [6, 6.07) is 5.15. The van der Waals surface area contributed by atoms with Crippen LogP contribution in [0.4, 0.5) is 13.2 Å². The van der Waals surface area contributed by atoms with Gasteiger partial charge in [0, 0.05) is 16.4 Å². The minimum absolute atomic E-state index is 0.0386. The van der Waals surface area contributed by atoms with E-state index >= 15 is 0 Å². The number of hydrogen-bond acceptors (Lipinski definition) is 5. The number of aromatic nitrogens is 1. The standard InChI is InChI=1S/C25H24F3NO4/c1-3-33-21(30)20-15-18(25(26,27)28)17-14-16(4-5-19(17)29-20)6-7-23-8-11-24(12-9-23,13-10-23)22(31)32-2/h4-5,14-15H,3,8-13H2,1-2H3. The lowest BCUT2D eigenvalue weighted by Crippen LogP contribution is -2.45. The summed E-state index contributed by atoms with van der Waals surface area (Å²) in [6.45, 7) is 1.61. The highest BCUT2D eigenvalue weighted by molar-refractivity contribution is 5.93. The van der Waals surface area contributed by atoms with E-state index in [1.54, 1.807) is 13.0 Å². The quantitative estimate of drug-likeness (QED) is 0.461. The van der Waals surface area contributed by atoms with Crippen LogP contribution in [0.25, 0.3) is 10.9 Å². The van der Waals surface area contributed by atoms with Crippen molar-refractivity contribution in [1.29, 1.82) is 0 Å². The number of carbonyl (C=O) groups excluding carboxylic acids is 2. The van der Waals surface area contributed by atoms with Crippen LogP contribution < -0.4 is 0 Å². The van der Waals surface area contributed by atoms with E-state index in [4.69, 9.17) is 9.47 Å². The average Bonchev–Trinajstić information content (AvgIpc) is 2.82. The van der Waals surface area contributed by atoms with Crippen LogP contribution in [0.3, 0.4) is 0 Å². The summed E-state index contributed by atoms with van der Waals surface area (Å²) in [7, 11) is 1.41. The minimum Gasteiger partial charge on any atom is -0.469 e. The van der Waals surface area contributed by atoms with Gasteiger partial charge in [-0.3, -0.25) is 4.79 Å². The Morgan fingerprint density at radius 1 is 1.09 bits per heavy atom. The number of benzene rings is 1. The molecule has 2 aromatic rings. The van der Waals surface area contributed by atoms with Gasteiger partial charge in [-0.15, -0.1) is 0 Å². The molecule has 2 bridgehead atoms. The molecule has 0 radical (unpaired) electrons. The molecular formula is C25H24F3NO4. The Bertz CT molecular complexity index is 1150. The van der Waals surface area contributed by atoms with E-state index in [0.29, 0.717) is 24.8 Å². The number of rotatable bonds is 3. The third-order valence-corrected chi connectivity index (χ3v) is 6.94. The van der Waals surface area contributed by atoms with Gasteiger partial charge in [-0.1, -0.05) is 11.8 Å². The van der Waals surface area contributed by atoms with Gasteiger partial charge in [-0.2, -0.15) is 13.2 Å². The van der Waals surface area contributed by atoms with Crippen molar-refractivity contribution in [3.63, 3.8) is 0 Å². The molecule has 0 atom stereocenters. The van der Waals surface area contributed by atoms with Gasteiger partial charge in [-0.25, -0.2) is 9.78 Å². The first-order valence-electron chi connectivity index (χ1n) is 10.9. The molecule has 1 aromatic heterocycles. The SMILES string of the molecule is CCOC(=O)c1cc(C(F)(F)F)c2cc(C#CC34CCC(C(=O)OC)(CC3)CC4)ccc2n1. The molecule has 0 spiro atoms. The number of alkyl halides is 3. The third-order valence-electron chi connectivity index (χ3n) is 6.94. The van der Waals surface area contributed by atoms with Gasteiger partial charge in [0.1, 0.15) is 5.69 Å². The largest absolute Gasteiger partial charge is 0.469 e. The first-order chi connectivity index (χ1) is 15.6. The summed E-state index contributed by atoms with van der Waals surface area (Å²) in [6.07, 6.45) is -0.236. The molecule has 174 valence electrons. The maximum absolute atomic E-state index is 13.8. The van der Waals surface area contributed by atoms with Gasteiger partial charge >= 0.3 is 18.1 Å². The Morgan fingerprint density at radius 2 is 1.76 bits per heavy atom. The predicted molar refractivity (Wildman–Crippen MR) is 114 cm³/mol. The van der Waals surface area contributed by atoms with Crippen LogP contribution in [0, 0.1) is 22.7 Å². The fraction of sp³-hybridized carbons (Fsp3) is 0.480. The van der Waals surface area contributed by atoms with Gasteiger partial charge in [0.25, 0.3) is 0 Å². The molecule has 8 heteroatoms. The highest BCUT2D eigenvalue weighted by Crippen LogP contribution is 2.57. The average molecular weight is 459 g/mol. The Labute approximate surface area is 189 Å². The summed E-state index contributed by atoms with van der Waals surface area (Å²) in [5.41, 5.74) is -1.48. The lowest BCUT2D eigenvalue weighted by Gasteiger charge is -2.49. The van der Waals surface area contributed by atoms with Crippen molar-refractivity contribution in [3.05, 3.63) is 41.1 Å². The zero-order valence-corrected chi connectivity index (χ0v) is 18.5. The van der Waals surface area contributed by atoms with Gasteiger partial charge < -0.3 is 9.47 Å². The molecule has 3 fully saturated rings. The highest BCUT2D eigenvalue weighted by Gasteiger charge is 2.52. The predicted octanol–water partition coefficient (Wildman–Crippen LogP) is 5.30. The molecule has 0 amide bonds. The molecular weight excluding hydrogens is 435 g/mol. The van der Waals surface area contributed by atoms with Gasteiger partial charge in [0.05, 0.1) is 30.2 Å². The van der Waals surface area contributed by atoms with Crippen LogP contribution in [0.15, 0.2) is 24.3 Å². The number of nitrogens with zero attached hydrogens (tertiary/aromatic N) is 1. The zero-order valence-electron chi connectivity index (χ0n) is 18.5. The first-order valence-corrected chi connectivity index (χ1v) is 10.9. The van der Waals surface area contributed by atoms with E-state index in [0.717, 1.165) is 25.3 Å². The van der Waals surface area contributed by atoms with Crippen LogP contribution in [-0.4, -0.2) is 30.6 Å². The fourth-order valence-electron chi connectivity index (χ4n) is 4.95. The minimum atomic E-state index is -4.67. The monoisotopic (exact) mass is 459 g/mol. The second kappa shape index (κ2) is 8.36. The second-order valence-electron chi connectivity index (χ2n) is 8.81. The zero-order chi connectivity index (χ0) is 23.9. The lowest BCUT2D eigenvalue weighted by molar-refractivity contribution is -0.160. The molecule has 3 aliphatic rings. The number of esters is 2. The maximum Gasteiger partial charge on any atom is 0.417 e. The lowest BCUT2D eigenvalue weighted by atomic mass is 9.54. The number of hydrogen-bond donors (Lipinski definition) is 0. The Morgan fingerprint density at radius 3 is 2.33 bits per heavy atom. The number of carbonyl (C=O) groups is 2. The van der Waals surface area contributed by atoms with Crippen LogP contribution in [0.1, 0.15) is 67.1 Å². The summed E-state index contributed by atoms with van der Waals surface area (Å²) in [5.74, 6) is 5.31. The molecule has 1 heterocycles. The first kappa shape index (κ1) is 23.1. The maximum atomic E-state index is 13.8. The summed E-state index contributed by atoms with van der Waals surface area (Å²) in [4.78, 5) is 28.2. The van der Waals surface area contributed by atoms with Crippen LogP contribution in [-0.2, 0) is 20.4 Å². The van der Waals surface area contributed by atoms with E-state index in [1.807, 2.05) is 0 Å². The van der Waals surface area contributed by atoms with Gasteiger partial charge in [0.15, 0.2) is 0 Å². The van der Waals surface area contributed by atoms with Gasteiger partial charge in [0.2, 0.25) is 0 Å². The Kier molecular flexibility index (Phi) is 5.85. The molecule has 5 rings (SSSR count). The topological polar surface area (TPSA) is 65.5 Å². The fourth-order valence-corrected chi connectivity index (χ4v) is 4.95. The van der Waals surface area contributed by atoms with Gasteiger partial charge in [-0.05, 0) is 69.7 Å². The van der Waals surface area contributed by atoms with Crippen molar-refractivity contribution in [3.8, 4) is 11.8 Å². The molecule has 0 unspecified atom stereocenters. The summed E-state index contributed by atoms with van der Waals surface area (Å²) in [5, 5.41) is -0.114. The van der Waals surface area contributed by atoms with E-state index < -0.39 is 23.1 Å². The third kappa shape index (κ3) is 4.29. The summed E-state index contributed by atoms with van der Waals surface area (Å²) < 4.78 is 51.1. The molecule has 1 aromatic carbocycles. The number of methoxy groups -OCH3 is 1. The van der Waals surface area contributed by atoms with Crippen molar-refractivity contribution in [1.82, 2.24) is 4.98 Å². The second-order valence-corrected chi connectivity index (χ2v) is 8.81. The highest BCUT2D eigenvalue weighted by atomic mass is 19.4. The normalized spacial score (nSPS) is 24.2. The number of ether oxygens (including phenoxy) is 2. The van der Waals surface area contributed by atoms with Crippen LogP contribution in [0.2, 0.25) is 0 Å². The van der Waals surface area contributed by atoms with Crippen molar-refractivity contribution in [2.45, 2.75) is 51.6 Å². The molecule has 33 heavy (non-hydrogen) atoms. The van der Waals surface area contributed by atoms with E-state index in [-0.39, 0.29) is 34.6 Å². The van der Waals surface area contributed by atoms with Crippen LogP contribution >= 0.6 is 0 Å². The smallest absolute Gasteiger partial charge is 0.417 e. The van der Waals surface area contributed by atoms with Crippen LogP contribution in [0.5, 0.6) is 0 Å². The molecule has 0 N–H and O–H groups in total. The van der Waals surface area contributed by atoms with Crippen molar-refractivity contribution < 1.29 is 32.2 Å². The molecule has 0 saturated heterocycles. The number of halogens is 3. The number of fused-ring (bicyclic) bond motifs is 4. The van der Waals surface area contributed by atoms with Crippen molar-refractivity contribution in [2.24, 2.45) is 10.8 Å². The molecule has 3 aliphatic carbocycles. The van der Waals surface area contributed by atoms with E-state index in [2.05, 4.69) is 16.8 Å². The summed E-state index contributed by atoms with van der Waals surface area (Å²) >= 11 is 0. The Balaban J connectivity index is 1.66.